The van der Waals surface area contributed by atoms with E-state index in [9.17, 15) is 0 Å². The molecule has 102 valence electrons. The van der Waals surface area contributed by atoms with E-state index in [0.717, 1.165) is 26.1 Å². The third-order valence-electron chi connectivity index (χ3n) is 3.03. The Labute approximate surface area is 111 Å². The number of rotatable bonds is 8. The van der Waals surface area contributed by atoms with E-state index in [1.165, 1.54) is 11.1 Å². The van der Waals surface area contributed by atoms with Crippen molar-refractivity contribution in [1.82, 2.24) is 4.90 Å². The first-order valence-corrected chi connectivity index (χ1v) is 6.71. The lowest BCUT2D eigenvalue weighted by Gasteiger charge is -2.21. The topological polar surface area (TPSA) is 38.5 Å². The van der Waals surface area contributed by atoms with E-state index in [1.54, 1.807) is 0 Å². The summed E-state index contributed by atoms with van der Waals surface area (Å²) in [5.74, 6) is 0. The molecule has 1 atom stereocenters. The lowest BCUT2D eigenvalue weighted by atomic mass is 10.1. The molecule has 0 saturated heterocycles. The van der Waals surface area contributed by atoms with Gasteiger partial charge < -0.3 is 15.4 Å². The van der Waals surface area contributed by atoms with Gasteiger partial charge in [0.1, 0.15) is 0 Å². The molecule has 0 fully saturated rings. The summed E-state index contributed by atoms with van der Waals surface area (Å²) in [4.78, 5) is 2.32. The Balaban J connectivity index is 2.35. The first-order valence-electron chi connectivity index (χ1n) is 6.71. The first-order chi connectivity index (χ1) is 8.65. The number of benzene rings is 1. The molecule has 0 aliphatic carbocycles. The number of aryl methyl sites for hydroxylation is 1. The number of nitrogens with two attached hydrogens (primary N) is 1. The molecule has 1 unspecified atom stereocenters. The minimum Gasteiger partial charge on any atom is -0.377 e. The number of ether oxygens (including phenoxy) is 1. The average molecular weight is 250 g/mol. The molecule has 0 radical (unpaired) electrons. The third kappa shape index (κ3) is 5.63. The molecule has 0 aromatic heterocycles. The second-order valence-electron chi connectivity index (χ2n) is 4.83. The molecule has 0 aliphatic rings. The van der Waals surface area contributed by atoms with Crippen molar-refractivity contribution < 1.29 is 4.74 Å². The molecule has 3 heteroatoms. The highest BCUT2D eigenvalue weighted by Gasteiger charge is 2.08. The van der Waals surface area contributed by atoms with Gasteiger partial charge in [-0.25, -0.2) is 0 Å². The van der Waals surface area contributed by atoms with E-state index in [0.29, 0.717) is 6.54 Å². The summed E-state index contributed by atoms with van der Waals surface area (Å²) < 4.78 is 5.56. The molecule has 18 heavy (non-hydrogen) atoms. The van der Waals surface area contributed by atoms with Crippen LogP contribution in [0.5, 0.6) is 0 Å². The maximum absolute atomic E-state index is 5.67. The van der Waals surface area contributed by atoms with Crippen LogP contribution in [0.3, 0.4) is 0 Å². The molecule has 0 heterocycles. The second-order valence-corrected chi connectivity index (χ2v) is 4.83. The predicted octanol–water partition coefficient (Wildman–Crippen LogP) is 2.18. The van der Waals surface area contributed by atoms with Gasteiger partial charge in [0, 0.05) is 26.2 Å². The highest BCUT2D eigenvalue weighted by atomic mass is 16.5. The molecule has 0 amide bonds. The van der Waals surface area contributed by atoms with E-state index >= 15 is 0 Å². The maximum atomic E-state index is 5.67. The van der Waals surface area contributed by atoms with Crippen molar-refractivity contribution in [2.24, 2.45) is 5.73 Å². The molecule has 3 nitrogen and oxygen atoms in total. The fourth-order valence-electron chi connectivity index (χ4n) is 2.07. The monoisotopic (exact) mass is 250 g/mol. The van der Waals surface area contributed by atoms with Crippen molar-refractivity contribution in [2.75, 3.05) is 26.7 Å². The lowest BCUT2D eigenvalue weighted by molar-refractivity contribution is 0.0559. The molecule has 0 spiro atoms. The summed E-state index contributed by atoms with van der Waals surface area (Å²) >= 11 is 0. The van der Waals surface area contributed by atoms with Crippen molar-refractivity contribution in [3.05, 3.63) is 35.4 Å². The van der Waals surface area contributed by atoms with Crippen molar-refractivity contribution in [3.8, 4) is 0 Å². The molecule has 1 rings (SSSR count). The Kier molecular flexibility index (Phi) is 6.94. The predicted molar refractivity (Wildman–Crippen MR) is 76.6 cm³/mol. The molecule has 1 aromatic rings. The van der Waals surface area contributed by atoms with E-state index in [2.05, 4.69) is 43.1 Å². The van der Waals surface area contributed by atoms with E-state index in [1.807, 2.05) is 6.92 Å². The van der Waals surface area contributed by atoms with Crippen molar-refractivity contribution in [1.29, 1.82) is 0 Å². The molecule has 0 saturated carbocycles. The van der Waals surface area contributed by atoms with Gasteiger partial charge in [0.15, 0.2) is 0 Å². The summed E-state index contributed by atoms with van der Waals surface area (Å²) in [7, 11) is 2.14. The first kappa shape index (κ1) is 15.2. The summed E-state index contributed by atoms with van der Waals surface area (Å²) in [6.45, 7) is 7.47. The standard InChI is InChI=1S/C15H26N2O/c1-4-18-15(11-16)8-9-17(3)12-14-7-5-6-13(2)10-14/h5-7,10,15H,4,8-9,11-12,16H2,1-3H3. The Bertz CT molecular complexity index is 341. The molecular weight excluding hydrogens is 224 g/mol. The largest absolute Gasteiger partial charge is 0.377 e. The van der Waals surface area contributed by atoms with Crippen LogP contribution in [0.15, 0.2) is 24.3 Å². The molecule has 1 aromatic carbocycles. The Morgan fingerprint density at radius 3 is 2.78 bits per heavy atom. The van der Waals surface area contributed by atoms with Gasteiger partial charge in [0.25, 0.3) is 0 Å². The summed E-state index contributed by atoms with van der Waals surface area (Å²) in [6.07, 6.45) is 1.18. The molecule has 0 aliphatic heterocycles. The van der Waals surface area contributed by atoms with Crippen LogP contribution in [0.2, 0.25) is 0 Å². The summed E-state index contributed by atoms with van der Waals surface area (Å²) in [5.41, 5.74) is 8.35. The molecule has 0 bridgehead atoms. The highest BCUT2D eigenvalue weighted by molar-refractivity contribution is 5.21. The van der Waals surface area contributed by atoms with Gasteiger partial charge in [-0.3, -0.25) is 0 Å². The zero-order valence-electron chi connectivity index (χ0n) is 11.9. The number of nitrogens with zero attached hydrogens (tertiary/aromatic N) is 1. The normalized spacial score (nSPS) is 12.9. The Hall–Kier alpha value is -0.900. The molecular formula is C15H26N2O. The van der Waals surface area contributed by atoms with Gasteiger partial charge in [-0.15, -0.1) is 0 Å². The van der Waals surface area contributed by atoms with Gasteiger partial charge in [-0.05, 0) is 32.9 Å². The zero-order chi connectivity index (χ0) is 13.4. The summed E-state index contributed by atoms with van der Waals surface area (Å²) in [6, 6.07) is 8.65. The van der Waals surface area contributed by atoms with Crippen LogP contribution in [0.1, 0.15) is 24.5 Å². The quantitative estimate of drug-likeness (QED) is 0.768. The van der Waals surface area contributed by atoms with Gasteiger partial charge in [0.05, 0.1) is 6.10 Å². The summed E-state index contributed by atoms with van der Waals surface area (Å²) in [5, 5.41) is 0. The maximum Gasteiger partial charge on any atom is 0.0709 e. The van der Waals surface area contributed by atoms with Crippen molar-refractivity contribution >= 4 is 0 Å². The van der Waals surface area contributed by atoms with E-state index < -0.39 is 0 Å². The van der Waals surface area contributed by atoms with Crippen LogP contribution in [-0.4, -0.2) is 37.7 Å². The van der Waals surface area contributed by atoms with Crippen molar-refractivity contribution in [2.45, 2.75) is 32.9 Å². The fourth-order valence-corrected chi connectivity index (χ4v) is 2.07. The SMILES string of the molecule is CCOC(CN)CCN(C)Cc1cccc(C)c1. The van der Waals surface area contributed by atoms with E-state index in [-0.39, 0.29) is 6.10 Å². The average Bonchev–Trinajstić information content (AvgIpc) is 2.34. The Morgan fingerprint density at radius 2 is 2.17 bits per heavy atom. The van der Waals surface area contributed by atoms with Crippen LogP contribution in [0.25, 0.3) is 0 Å². The van der Waals surface area contributed by atoms with Gasteiger partial charge >= 0.3 is 0 Å². The minimum atomic E-state index is 0.190. The third-order valence-corrected chi connectivity index (χ3v) is 3.03. The second kappa shape index (κ2) is 8.25. The van der Waals surface area contributed by atoms with E-state index in [4.69, 9.17) is 10.5 Å². The van der Waals surface area contributed by atoms with Crippen LogP contribution in [0, 0.1) is 6.92 Å². The molecule has 2 N–H and O–H groups in total. The van der Waals surface area contributed by atoms with Crippen LogP contribution >= 0.6 is 0 Å². The minimum absolute atomic E-state index is 0.190. The fraction of sp³-hybridized carbons (Fsp3) is 0.600. The smallest absolute Gasteiger partial charge is 0.0709 e. The zero-order valence-corrected chi connectivity index (χ0v) is 11.9. The Morgan fingerprint density at radius 1 is 1.39 bits per heavy atom. The van der Waals surface area contributed by atoms with Gasteiger partial charge in [-0.1, -0.05) is 29.8 Å². The lowest BCUT2D eigenvalue weighted by Crippen LogP contribution is -2.29. The van der Waals surface area contributed by atoms with Crippen molar-refractivity contribution in [3.63, 3.8) is 0 Å². The van der Waals surface area contributed by atoms with Crippen LogP contribution in [0.4, 0.5) is 0 Å². The number of hydrogen-bond donors (Lipinski definition) is 1. The number of hydrogen-bond acceptors (Lipinski definition) is 3. The highest BCUT2D eigenvalue weighted by Crippen LogP contribution is 2.07. The van der Waals surface area contributed by atoms with Crippen LogP contribution in [-0.2, 0) is 11.3 Å². The van der Waals surface area contributed by atoms with Gasteiger partial charge in [-0.2, -0.15) is 0 Å². The van der Waals surface area contributed by atoms with Gasteiger partial charge in [0.2, 0.25) is 0 Å². The van der Waals surface area contributed by atoms with Crippen LogP contribution < -0.4 is 5.73 Å².